The number of fused-ring (bicyclic) bond motifs is 1. The highest BCUT2D eigenvalue weighted by Gasteiger charge is 2.17. The van der Waals surface area contributed by atoms with E-state index in [1.807, 2.05) is 24.3 Å². The fourth-order valence-electron chi connectivity index (χ4n) is 4.06. The highest BCUT2D eigenvalue weighted by Crippen LogP contribution is 2.23. The molecule has 150 valence electrons. The first-order chi connectivity index (χ1) is 14.3. The number of ketones is 1. The van der Waals surface area contributed by atoms with Gasteiger partial charge in [-0.15, -0.1) is 0 Å². The van der Waals surface area contributed by atoms with Gasteiger partial charge in [0.15, 0.2) is 5.78 Å². The van der Waals surface area contributed by atoms with Gasteiger partial charge in [-0.1, -0.05) is 47.5 Å². The van der Waals surface area contributed by atoms with Crippen molar-refractivity contribution in [2.75, 3.05) is 0 Å². The van der Waals surface area contributed by atoms with E-state index in [0.29, 0.717) is 22.7 Å². The molecule has 4 rings (SSSR count). The van der Waals surface area contributed by atoms with E-state index < -0.39 is 0 Å². The van der Waals surface area contributed by atoms with Crippen LogP contribution in [0.25, 0.3) is 10.9 Å². The molecule has 0 aliphatic rings. The molecule has 1 heterocycles. The van der Waals surface area contributed by atoms with Crippen LogP contribution in [0.2, 0.25) is 5.02 Å². The summed E-state index contributed by atoms with van der Waals surface area (Å²) in [4.78, 5) is 26.3. The molecule has 0 saturated carbocycles. The van der Waals surface area contributed by atoms with Crippen LogP contribution in [-0.4, -0.2) is 10.4 Å². The van der Waals surface area contributed by atoms with Crippen molar-refractivity contribution in [3.05, 3.63) is 115 Å². The van der Waals surface area contributed by atoms with Crippen molar-refractivity contribution in [2.24, 2.45) is 0 Å². The average molecular weight is 416 g/mol. The van der Waals surface area contributed by atoms with E-state index in [2.05, 4.69) is 32.9 Å². The lowest BCUT2D eigenvalue weighted by molar-refractivity contribution is 0.104. The van der Waals surface area contributed by atoms with Gasteiger partial charge >= 0.3 is 0 Å². The van der Waals surface area contributed by atoms with Gasteiger partial charge in [0.05, 0.1) is 12.1 Å². The van der Waals surface area contributed by atoms with E-state index in [-0.39, 0.29) is 11.3 Å². The van der Waals surface area contributed by atoms with Crippen molar-refractivity contribution in [1.29, 1.82) is 0 Å². The van der Waals surface area contributed by atoms with Crippen molar-refractivity contribution < 1.29 is 4.79 Å². The zero-order valence-corrected chi connectivity index (χ0v) is 18.0. The molecule has 0 saturated heterocycles. The quantitative estimate of drug-likeness (QED) is 0.391. The lowest BCUT2D eigenvalue weighted by Gasteiger charge is -2.17. The van der Waals surface area contributed by atoms with Crippen LogP contribution in [0.3, 0.4) is 0 Å². The standard InChI is InChI=1S/C26H22ClNO2/c1-16-12-17(2)23(18(3)13-16)15-28-24-7-5-4-6-21(24)22(14-25(28)29)26(30)19-8-10-20(27)11-9-19/h4-14H,15H2,1-3H3. The van der Waals surface area contributed by atoms with Crippen LogP contribution in [0.5, 0.6) is 0 Å². The van der Waals surface area contributed by atoms with Gasteiger partial charge in [-0.3, -0.25) is 9.59 Å². The largest absolute Gasteiger partial charge is 0.304 e. The predicted molar refractivity (Wildman–Crippen MR) is 123 cm³/mol. The predicted octanol–water partition coefficient (Wildman–Crippen LogP) is 5.86. The Labute approximate surface area is 180 Å². The van der Waals surface area contributed by atoms with Crippen molar-refractivity contribution in [2.45, 2.75) is 27.3 Å². The molecule has 0 amide bonds. The van der Waals surface area contributed by atoms with Crippen LogP contribution in [0.1, 0.15) is 38.2 Å². The van der Waals surface area contributed by atoms with Crippen molar-refractivity contribution in [1.82, 2.24) is 4.57 Å². The molecule has 1 aromatic heterocycles. The number of rotatable bonds is 4. The third kappa shape index (κ3) is 3.69. The van der Waals surface area contributed by atoms with Crippen molar-refractivity contribution in [3.8, 4) is 0 Å². The Bertz CT molecular complexity index is 1310. The fraction of sp³-hybridized carbons (Fsp3) is 0.154. The Balaban J connectivity index is 1.88. The Morgan fingerprint density at radius 2 is 1.53 bits per heavy atom. The molecule has 3 aromatic carbocycles. The molecule has 0 atom stereocenters. The van der Waals surface area contributed by atoms with E-state index in [9.17, 15) is 9.59 Å². The maximum atomic E-state index is 13.1. The summed E-state index contributed by atoms with van der Waals surface area (Å²) in [6.45, 7) is 6.68. The summed E-state index contributed by atoms with van der Waals surface area (Å²) in [6.07, 6.45) is 0. The van der Waals surface area contributed by atoms with Gasteiger partial charge in [0.2, 0.25) is 0 Å². The minimum Gasteiger partial charge on any atom is -0.304 e. The molecule has 0 spiro atoms. The van der Waals surface area contributed by atoms with E-state index in [1.165, 1.54) is 11.6 Å². The highest BCUT2D eigenvalue weighted by molar-refractivity contribution is 6.30. The van der Waals surface area contributed by atoms with Gasteiger partial charge in [0.25, 0.3) is 5.56 Å². The van der Waals surface area contributed by atoms with Gasteiger partial charge in [0.1, 0.15) is 0 Å². The number of para-hydroxylation sites is 1. The highest BCUT2D eigenvalue weighted by atomic mass is 35.5. The maximum absolute atomic E-state index is 13.1. The minimum absolute atomic E-state index is 0.185. The summed E-state index contributed by atoms with van der Waals surface area (Å²) in [6, 6.07) is 20.0. The molecule has 3 nitrogen and oxygen atoms in total. The number of aromatic nitrogens is 1. The number of nitrogens with zero attached hydrogens (tertiary/aromatic N) is 1. The number of pyridine rings is 1. The van der Waals surface area contributed by atoms with E-state index in [1.54, 1.807) is 28.8 Å². The van der Waals surface area contributed by atoms with Crippen LogP contribution in [-0.2, 0) is 6.54 Å². The number of aryl methyl sites for hydroxylation is 3. The molecule has 0 aliphatic carbocycles. The Morgan fingerprint density at radius 1 is 0.900 bits per heavy atom. The monoisotopic (exact) mass is 415 g/mol. The smallest absolute Gasteiger partial charge is 0.252 e. The fourth-order valence-corrected chi connectivity index (χ4v) is 4.19. The number of carbonyl (C=O) groups is 1. The summed E-state index contributed by atoms with van der Waals surface area (Å²) in [5, 5.41) is 1.33. The Morgan fingerprint density at radius 3 is 2.20 bits per heavy atom. The molecule has 0 N–H and O–H groups in total. The van der Waals surface area contributed by atoms with Crippen LogP contribution in [0.4, 0.5) is 0 Å². The van der Waals surface area contributed by atoms with Crippen LogP contribution >= 0.6 is 11.6 Å². The van der Waals surface area contributed by atoms with Crippen LogP contribution in [0, 0.1) is 20.8 Å². The van der Waals surface area contributed by atoms with Gasteiger partial charge in [-0.05, 0) is 67.8 Å². The SMILES string of the molecule is Cc1cc(C)c(Cn2c(=O)cc(C(=O)c3ccc(Cl)cc3)c3ccccc32)c(C)c1. The first-order valence-corrected chi connectivity index (χ1v) is 10.2. The Kier molecular flexibility index (Phi) is 5.31. The van der Waals surface area contributed by atoms with Crippen molar-refractivity contribution >= 4 is 28.3 Å². The normalized spacial score (nSPS) is 11.1. The number of hydrogen-bond donors (Lipinski definition) is 0. The second-order valence-corrected chi connectivity index (χ2v) is 8.15. The zero-order valence-electron chi connectivity index (χ0n) is 17.2. The van der Waals surface area contributed by atoms with Gasteiger partial charge in [-0.25, -0.2) is 0 Å². The molecular formula is C26H22ClNO2. The first kappa shape index (κ1) is 20.1. The number of benzene rings is 3. The third-order valence-corrected chi connectivity index (χ3v) is 5.78. The molecule has 0 radical (unpaired) electrons. The van der Waals surface area contributed by atoms with Gasteiger partial charge < -0.3 is 4.57 Å². The maximum Gasteiger partial charge on any atom is 0.252 e. The summed E-state index contributed by atoms with van der Waals surface area (Å²) in [5.74, 6) is -0.185. The summed E-state index contributed by atoms with van der Waals surface area (Å²) >= 11 is 5.95. The number of halogens is 1. The molecule has 4 aromatic rings. The molecule has 0 fully saturated rings. The lowest BCUT2D eigenvalue weighted by atomic mass is 9.98. The van der Waals surface area contributed by atoms with Gasteiger partial charge in [0, 0.05) is 27.6 Å². The second kappa shape index (κ2) is 7.92. The number of carbonyl (C=O) groups excluding carboxylic acids is 1. The lowest BCUT2D eigenvalue weighted by Crippen LogP contribution is -2.23. The molecule has 0 aliphatic heterocycles. The zero-order chi connectivity index (χ0) is 21.4. The van der Waals surface area contributed by atoms with E-state index >= 15 is 0 Å². The average Bonchev–Trinajstić information content (AvgIpc) is 2.71. The summed E-state index contributed by atoms with van der Waals surface area (Å²) in [5.41, 5.74) is 6.12. The molecule has 0 unspecified atom stereocenters. The molecule has 30 heavy (non-hydrogen) atoms. The van der Waals surface area contributed by atoms with Crippen LogP contribution < -0.4 is 5.56 Å². The van der Waals surface area contributed by atoms with Gasteiger partial charge in [-0.2, -0.15) is 0 Å². The molecule has 4 heteroatoms. The Hall–Kier alpha value is -3.17. The second-order valence-electron chi connectivity index (χ2n) is 7.71. The molecule has 0 bridgehead atoms. The van der Waals surface area contributed by atoms with E-state index in [0.717, 1.165) is 27.6 Å². The summed E-state index contributed by atoms with van der Waals surface area (Å²) < 4.78 is 1.75. The number of hydrogen-bond acceptors (Lipinski definition) is 2. The summed E-state index contributed by atoms with van der Waals surface area (Å²) in [7, 11) is 0. The topological polar surface area (TPSA) is 39.1 Å². The minimum atomic E-state index is -0.189. The van der Waals surface area contributed by atoms with E-state index in [4.69, 9.17) is 11.6 Å². The van der Waals surface area contributed by atoms with Crippen molar-refractivity contribution in [3.63, 3.8) is 0 Å². The van der Waals surface area contributed by atoms with Crippen LogP contribution in [0.15, 0.2) is 71.5 Å². The first-order valence-electron chi connectivity index (χ1n) is 9.84. The molecular weight excluding hydrogens is 394 g/mol. The third-order valence-electron chi connectivity index (χ3n) is 5.53.